The monoisotopic (exact) mass is 205 g/mol. The molecule has 0 aliphatic rings. The molecule has 0 saturated heterocycles. The van der Waals surface area contributed by atoms with Crippen molar-refractivity contribution in [3.63, 3.8) is 0 Å². The highest BCUT2D eigenvalue weighted by Gasteiger charge is 1.98. The standard InChI is InChI=1S/C11H15N3O/c1-2-15-8-7-14-10-11(9-12-14)13-5-3-4-6-13/h3-6,9-10H,2,7-8H2,1H3. The Hall–Kier alpha value is -1.55. The van der Waals surface area contributed by atoms with Crippen LogP contribution < -0.4 is 0 Å². The van der Waals surface area contributed by atoms with E-state index >= 15 is 0 Å². The van der Waals surface area contributed by atoms with Crippen molar-refractivity contribution >= 4 is 0 Å². The van der Waals surface area contributed by atoms with Gasteiger partial charge in [-0.15, -0.1) is 0 Å². The lowest BCUT2D eigenvalue weighted by molar-refractivity contribution is 0.136. The highest BCUT2D eigenvalue weighted by Crippen LogP contribution is 2.05. The molecule has 2 aromatic rings. The molecule has 0 saturated carbocycles. The Morgan fingerprint density at radius 3 is 2.87 bits per heavy atom. The van der Waals surface area contributed by atoms with Gasteiger partial charge < -0.3 is 9.30 Å². The van der Waals surface area contributed by atoms with Gasteiger partial charge in [-0.05, 0) is 19.1 Å². The molecule has 0 amide bonds. The molecule has 0 aliphatic heterocycles. The van der Waals surface area contributed by atoms with Crippen LogP contribution in [0.2, 0.25) is 0 Å². The summed E-state index contributed by atoms with van der Waals surface area (Å²) < 4.78 is 9.20. The number of nitrogens with zero attached hydrogens (tertiary/aromatic N) is 3. The second kappa shape index (κ2) is 4.79. The van der Waals surface area contributed by atoms with Gasteiger partial charge in [0.15, 0.2) is 0 Å². The van der Waals surface area contributed by atoms with Crippen LogP contribution in [0.5, 0.6) is 0 Å². The fourth-order valence-corrected chi connectivity index (χ4v) is 1.42. The lowest BCUT2D eigenvalue weighted by Gasteiger charge is -2.00. The Bertz CT molecular complexity index is 392. The van der Waals surface area contributed by atoms with Crippen LogP contribution >= 0.6 is 0 Å². The van der Waals surface area contributed by atoms with Crippen molar-refractivity contribution in [1.29, 1.82) is 0 Å². The maximum absolute atomic E-state index is 5.27. The van der Waals surface area contributed by atoms with Gasteiger partial charge in [0.05, 0.1) is 25.0 Å². The fourth-order valence-electron chi connectivity index (χ4n) is 1.42. The van der Waals surface area contributed by atoms with Crippen LogP contribution in [0.1, 0.15) is 6.92 Å². The zero-order valence-corrected chi connectivity index (χ0v) is 8.84. The van der Waals surface area contributed by atoms with Crippen LogP contribution in [0, 0.1) is 0 Å². The van der Waals surface area contributed by atoms with Crippen molar-refractivity contribution in [3.05, 3.63) is 36.9 Å². The van der Waals surface area contributed by atoms with Crippen molar-refractivity contribution < 1.29 is 4.74 Å². The molecular formula is C11H15N3O. The minimum atomic E-state index is 0.712. The average Bonchev–Trinajstić information content (AvgIpc) is 2.87. The van der Waals surface area contributed by atoms with E-state index in [-0.39, 0.29) is 0 Å². The topological polar surface area (TPSA) is 32.0 Å². The Kier molecular flexibility index (Phi) is 3.19. The van der Waals surface area contributed by atoms with Crippen LogP contribution in [0.4, 0.5) is 0 Å². The summed E-state index contributed by atoms with van der Waals surface area (Å²) in [5.74, 6) is 0. The molecule has 0 radical (unpaired) electrons. The summed E-state index contributed by atoms with van der Waals surface area (Å²) in [6, 6.07) is 4.00. The molecule has 0 N–H and O–H groups in total. The van der Waals surface area contributed by atoms with E-state index in [2.05, 4.69) is 5.10 Å². The summed E-state index contributed by atoms with van der Waals surface area (Å²) in [4.78, 5) is 0. The molecule has 4 nitrogen and oxygen atoms in total. The minimum Gasteiger partial charge on any atom is -0.380 e. The van der Waals surface area contributed by atoms with Gasteiger partial charge in [-0.25, -0.2) is 0 Å². The van der Waals surface area contributed by atoms with Crippen LogP contribution in [-0.2, 0) is 11.3 Å². The predicted octanol–water partition coefficient (Wildman–Crippen LogP) is 1.71. The van der Waals surface area contributed by atoms with Gasteiger partial charge in [0.2, 0.25) is 0 Å². The minimum absolute atomic E-state index is 0.712. The van der Waals surface area contributed by atoms with Gasteiger partial charge in [-0.2, -0.15) is 5.10 Å². The third-order valence-corrected chi connectivity index (χ3v) is 2.19. The zero-order chi connectivity index (χ0) is 10.5. The van der Waals surface area contributed by atoms with Gasteiger partial charge in [0.25, 0.3) is 0 Å². The first-order valence-electron chi connectivity index (χ1n) is 5.13. The molecule has 0 aliphatic carbocycles. The first-order chi connectivity index (χ1) is 7.40. The quantitative estimate of drug-likeness (QED) is 0.696. The molecule has 0 fully saturated rings. The predicted molar refractivity (Wildman–Crippen MR) is 58.0 cm³/mol. The first kappa shape index (κ1) is 9.98. The van der Waals surface area contributed by atoms with Gasteiger partial charge in [0.1, 0.15) is 0 Å². The average molecular weight is 205 g/mol. The summed E-state index contributed by atoms with van der Waals surface area (Å²) >= 11 is 0. The molecule has 2 rings (SSSR count). The molecule has 4 heteroatoms. The Morgan fingerprint density at radius 2 is 2.13 bits per heavy atom. The maximum Gasteiger partial charge on any atom is 0.0833 e. The van der Waals surface area contributed by atoms with Gasteiger partial charge in [-0.1, -0.05) is 0 Å². The van der Waals surface area contributed by atoms with Crippen molar-refractivity contribution in [1.82, 2.24) is 14.3 Å². The van der Waals surface area contributed by atoms with Crippen molar-refractivity contribution in [2.45, 2.75) is 13.5 Å². The summed E-state index contributed by atoms with van der Waals surface area (Å²) in [7, 11) is 0. The molecule has 0 atom stereocenters. The normalized spacial score (nSPS) is 10.7. The van der Waals surface area contributed by atoms with Gasteiger partial charge in [-0.3, -0.25) is 4.68 Å². The maximum atomic E-state index is 5.27. The van der Waals surface area contributed by atoms with Gasteiger partial charge >= 0.3 is 0 Å². The number of ether oxygens (including phenoxy) is 1. The zero-order valence-electron chi connectivity index (χ0n) is 8.84. The van der Waals surface area contributed by atoms with Gasteiger partial charge in [0, 0.05) is 25.2 Å². The molecule has 0 aromatic carbocycles. The van der Waals surface area contributed by atoms with Crippen LogP contribution in [-0.4, -0.2) is 27.6 Å². The van der Waals surface area contributed by atoms with E-state index in [1.807, 2.05) is 53.1 Å². The van der Waals surface area contributed by atoms with Crippen molar-refractivity contribution in [2.24, 2.45) is 0 Å². The molecule has 2 heterocycles. The second-order valence-electron chi connectivity index (χ2n) is 3.25. The smallest absolute Gasteiger partial charge is 0.0833 e. The highest BCUT2D eigenvalue weighted by atomic mass is 16.5. The third-order valence-electron chi connectivity index (χ3n) is 2.19. The first-order valence-corrected chi connectivity index (χ1v) is 5.13. The van der Waals surface area contributed by atoms with E-state index in [0.717, 1.165) is 18.8 Å². The van der Waals surface area contributed by atoms with E-state index in [0.29, 0.717) is 6.61 Å². The largest absolute Gasteiger partial charge is 0.380 e. The summed E-state index contributed by atoms with van der Waals surface area (Å²) in [5.41, 5.74) is 1.08. The molecule has 0 unspecified atom stereocenters. The van der Waals surface area contributed by atoms with Crippen LogP contribution in [0.3, 0.4) is 0 Å². The summed E-state index contributed by atoms with van der Waals surface area (Å²) in [6.07, 6.45) is 7.87. The Balaban J connectivity index is 1.98. The fraction of sp³-hybridized carbons (Fsp3) is 0.364. The number of hydrogen-bond acceptors (Lipinski definition) is 2. The molecule has 0 bridgehead atoms. The van der Waals surface area contributed by atoms with E-state index in [4.69, 9.17) is 4.74 Å². The summed E-state index contributed by atoms with van der Waals surface area (Å²) in [6.45, 7) is 4.26. The van der Waals surface area contributed by atoms with E-state index in [1.54, 1.807) is 0 Å². The third kappa shape index (κ3) is 2.47. The van der Waals surface area contributed by atoms with Crippen molar-refractivity contribution in [2.75, 3.05) is 13.2 Å². The van der Waals surface area contributed by atoms with E-state index < -0.39 is 0 Å². The molecule has 0 spiro atoms. The number of aromatic nitrogens is 3. The van der Waals surface area contributed by atoms with Crippen molar-refractivity contribution in [3.8, 4) is 5.69 Å². The second-order valence-corrected chi connectivity index (χ2v) is 3.25. The number of hydrogen-bond donors (Lipinski definition) is 0. The Morgan fingerprint density at radius 1 is 1.33 bits per heavy atom. The lowest BCUT2D eigenvalue weighted by Crippen LogP contribution is -2.05. The Labute approximate surface area is 89.1 Å². The van der Waals surface area contributed by atoms with E-state index in [1.165, 1.54) is 0 Å². The highest BCUT2D eigenvalue weighted by molar-refractivity contribution is 5.26. The van der Waals surface area contributed by atoms with E-state index in [9.17, 15) is 0 Å². The molecule has 15 heavy (non-hydrogen) atoms. The molecule has 80 valence electrons. The molecular weight excluding hydrogens is 190 g/mol. The SMILES string of the molecule is CCOCCn1cc(-n2cccc2)cn1. The van der Waals surface area contributed by atoms with Crippen LogP contribution in [0.15, 0.2) is 36.9 Å². The summed E-state index contributed by atoms with van der Waals surface area (Å²) in [5, 5.41) is 4.26. The van der Waals surface area contributed by atoms with Crippen LogP contribution in [0.25, 0.3) is 5.69 Å². The molecule has 2 aromatic heterocycles. The lowest BCUT2D eigenvalue weighted by atomic mass is 10.5. The number of rotatable bonds is 5.